The fraction of sp³-hybridized carbons (Fsp3) is 0.533. The number of aryl methyl sites for hydroxylation is 2. The third-order valence-electron chi connectivity index (χ3n) is 4.13. The van der Waals surface area contributed by atoms with Gasteiger partial charge in [-0.25, -0.2) is 4.68 Å². The molecule has 1 saturated heterocycles. The molecule has 0 saturated carbocycles. The number of nitrogens with zero attached hydrogens (tertiary/aromatic N) is 4. The molecule has 118 valence electrons. The molecule has 0 aromatic carbocycles. The Balaban J connectivity index is 1.75. The van der Waals surface area contributed by atoms with Crippen LogP contribution >= 0.6 is 0 Å². The van der Waals surface area contributed by atoms with Gasteiger partial charge in [-0.15, -0.1) is 5.10 Å². The highest BCUT2D eigenvalue weighted by Gasteiger charge is 2.36. The zero-order chi connectivity index (χ0) is 15.7. The summed E-state index contributed by atoms with van der Waals surface area (Å²) in [4.78, 5) is 17.5. The van der Waals surface area contributed by atoms with Gasteiger partial charge in [-0.3, -0.25) is 4.79 Å². The van der Waals surface area contributed by atoms with Gasteiger partial charge >= 0.3 is 0 Å². The molecule has 7 heteroatoms. The molecule has 0 bridgehead atoms. The Morgan fingerprint density at radius 2 is 2.32 bits per heavy atom. The van der Waals surface area contributed by atoms with Crippen molar-refractivity contribution in [2.24, 2.45) is 0 Å². The molecule has 0 aliphatic carbocycles. The van der Waals surface area contributed by atoms with Gasteiger partial charge in [0.25, 0.3) is 5.91 Å². The van der Waals surface area contributed by atoms with Crippen LogP contribution in [0.3, 0.4) is 0 Å². The predicted molar refractivity (Wildman–Crippen MR) is 80.4 cm³/mol. The number of carbonyl (C=O) groups is 1. The van der Waals surface area contributed by atoms with Crippen molar-refractivity contribution in [3.05, 3.63) is 35.4 Å². The molecule has 1 aliphatic heterocycles. The number of rotatable bonds is 3. The first-order valence-corrected chi connectivity index (χ1v) is 7.49. The van der Waals surface area contributed by atoms with Crippen LogP contribution in [0.2, 0.25) is 0 Å². The number of carbonyl (C=O) groups excluding carboxylic acids is 1. The normalized spacial score (nSPS) is 22.0. The minimum atomic E-state index is -0.961. The van der Waals surface area contributed by atoms with Gasteiger partial charge in [-0.2, -0.15) is 0 Å². The highest BCUT2D eigenvalue weighted by atomic mass is 16.3. The number of aromatic nitrogens is 4. The summed E-state index contributed by atoms with van der Waals surface area (Å²) in [5.41, 5.74) is 1.56. The topological polar surface area (TPSA) is 87.0 Å². The van der Waals surface area contributed by atoms with Gasteiger partial charge in [-0.1, -0.05) is 5.21 Å². The number of aromatic amines is 1. The number of H-pyrrole nitrogens is 1. The Bertz CT molecular complexity index is 664. The predicted octanol–water partition coefficient (Wildman–Crippen LogP) is 0.890. The van der Waals surface area contributed by atoms with Crippen LogP contribution in [-0.2, 0) is 6.54 Å². The van der Waals surface area contributed by atoms with Gasteiger partial charge < -0.3 is 15.0 Å². The SMILES string of the molecule is Cc1cc(C)c(C(=O)N2CCCC(O)(Cn3ccnn3)C2)[nH]1. The second-order valence-corrected chi connectivity index (χ2v) is 6.17. The third-order valence-corrected chi connectivity index (χ3v) is 4.13. The van der Waals surface area contributed by atoms with E-state index in [0.29, 0.717) is 31.7 Å². The van der Waals surface area contributed by atoms with Crippen molar-refractivity contribution in [1.82, 2.24) is 24.9 Å². The molecule has 0 radical (unpaired) electrons. The highest BCUT2D eigenvalue weighted by molar-refractivity contribution is 5.94. The summed E-state index contributed by atoms with van der Waals surface area (Å²) in [6.45, 7) is 5.17. The Kier molecular flexibility index (Phi) is 3.74. The maximum atomic E-state index is 12.7. The van der Waals surface area contributed by atoms with E-state index in [4.69, 9.17) is 0 Å². The Morgan fingerprint density at radius 1 is 1.50 bits per heavy atom. The van der Waals surface area contributed by atoms with Crippen molar-refractivity contribution in [3.8, 4) is 0 Å². The van der Waals surface area contributed by atoms with Crippen LogP contribution in [-0.4, -0.2) is 54.6 Å². The van der Waals surface area contributed by atoms with Gasteiger partial charge in [0.05, 0.1) is 19.3 Å². The molecule has 3 rings (SSSR count). The van der Waals surface area contributed by atoms with Crippen LogP contribution in [0.15, 0.2) is 18.5 Å². The van der Waals surface area contributed by atoms with Gasteiger partial charge in [0.1, 0.15) is 11.3 Å². The fourth-order valence-electron chi connectivity index (χ4n) is 3.14. The van der Waals surface area contributed by atoms with E-state index in [2.05, 4.69) is 15.3 Å². The number of likely N-dealkylation sites (tertiary alicyclic amines) is 1. The van der Waals surface area contributed by atoms with Crippen LogP contribution in [0.25, 0.3) is 0 Å². The number of piperidine rings is 1. The zero-order valence-corrected chi connectivity index (χ0v) is 12.9. The Morgan fingerprint density at radius 3 is 2.95 bits per heavy atom. The van der Waals surface area contributed by atoms with Crippen LogP contribution in [0.5, 0.6) is 0 Å². The quantitative estimate of drug-likeness (QED) is 0.881. The van der Waals surface area contributed by atoms with E-state index in [9.17, 15) is 9.90 Å². The number of β-amino-alcohol motifs (C(OH)–C–C–N with tert-alkyl or cyclic N) is 1. The standard InChI is InChI=1S/C15H21N5O2/c1-11-8-12(2)17-13(11)14(21)19-6-3-4-15(22,9-19)10-20-7-5-16-18-20/h5,7-8,17,22H,3-4,6,9-10H2,1-2H3. The lowest BCUT2D eigenvalue weighted by Gasteiger charge is -2.39. The van der Waals surface area contributed by atoms with Crippen LogP contribution in [0.1, 0.15) is 34.6 Å². The highest BCUT2D eigenvalue weighted by Crippen LogP contribution is 2.24. The average molecular weight is 303 g/mol. The molecule has 22 heavy (non-hydrogen) atoms. The number of hydrogen-bond donors (Lipinski definition) is 2. The fourth-order valence-corrected chi connectivity index (χ4v) is 3.14. The molecular formula is C15H21N5O2. The molecule has 2 aromatic heterocycles. The Hall–Kier alpha value is -2.15. The average Bonchev–Trinajstić information content (AvgIpc) is 3.07. The molecule has 7 nitrogen and oxygen atoms in total. The molecular weight excluding hydrogens is 282 g/mol. The molecule has 1 amide bonds. The van der Waals surface area contributed by atoms with Crippen molar-refractivity contribution in [1.29, 1.82) is 0 Å². The summed E-state index contributed by atoms with van der Waals surface area (Å²) in [5, 5.41) is 18.4. The number of aliphatic hydroxyl groups is 1. The minimum absolute atomic E-state index is 0.0534. The second kappa shape index (κ2) is 5.57. The van der Waals surface area contributed by atoms with Crippen LogP contribution in [0.4, 0.5) is 0 Å². The van der Waals surface area contributed by atoms with E-state index in [0.717, 1.165) is 17.7 Å². The summed E-state index contributed by atoms with van der Waals surface area (Å²) in [6.07, 6.45) is 4.73. The zero-order valence-electron chi connectivity index (χ0n) is 12.9. The van der Waals surface area contributed by atoms with Crippen molar-refractivity contribution < 1.29 is 9.90 Å². The summed E-state index contributed by atoms with van der Waals surface area (Å²) in [5.74, 6) is -0.0534. The van der Waals surface area contributed by atoms with E-state index in [1.807, 2.05) is 19.9 Å². The van der Waals surface area contributed by atoms with Crippen LogP contribution in [0, 0.1) is 13.8 Å². The van der Waals surface area contributed by atoms with E-state index < -0.39 is 5.60 Å². The maximum absolute atomic E-state index is 12.7. The number of hydrogen-bond acceptors (Lipinski definition) is 4. The summed E-state index contributed by atoms with van der Waals surface area (Å²) >= 11 is 0. The van der Waals surface area contributed by atoms with E-state index in [1.165, 1.54) is 0 Å². The first-order valence-electron chi connectivity index (χ1n) is 7.49. The molecule has 1 fully saturated rings. The molecule has 1 aliphatic rings. The van der Waals surface area contributed by atoms with Crippen molar-refractivity contribution >= 4 is 5.91 Å². The van der Waals surface area contributed by atoms with Gasteiger partial charge in [0, 0.05) is 18.4 Å². The lowest BCUT2D eigenvalue weighted by molar-refractivity contribution is -0.0388. The van der Waals surface area contributed by atoms with E-state index in [-0.39, 0.29) is 5.91 Å². The summed E-state index contributed by atoms with van der Waals surface area (Å²) in [6, 6.07) is 1.96. The first-order chi connectivity index (χ1) is 10.5. The molecule has 2 aromatic rings. The molecule has 3 heterocycles. The van der Waals surface area contributed by atoms with E-state index in [1.54, 1.807) is 22.0 Å². The maximum Gasteiger partial charge on any atom is 0.270 e. The smallest absolute Gasteiger partial charge is 0.270 e. The Labute approximate surface area is 128 Å². The molecule has 0 spiro atoms. The van der Waals surface area contributed by atoms with Gasteiger partial charge in [-0.05, 0) is 38.3 Å². The molecule has 2 N–H and O–H groups in total. The van der Waals surface area contributed by atoms with Crippen molar-refractivity contribution in [2.75, 3.05) is 13.1 Å². The van der Waals surface area contributed by atoms with Gasteiger partial charge in [0.2, 0.25) is 0 Å². The lowest BCUT2D eigenvalue weighted by Crippen LogP contribution is -2.52. The molecule has 1 unspecified atom stereocenters. The second-order valence-electron chi connectivity index (χ2n) is 6.17. The lowest BCUT2D eigenvalue weighted by atomic mass is 9.92. The van der Waals surface area contributed by atoms with Crippen molar-refractivity contribution in [3.63, 3.8) is 0 Å². The monoisotopic (exact) mass is 303 g/mol. The summed E-state index contributed by atoms with van der Waals surface area (Å²) in [7, 11) is 0. The summed E-state index contributed by atoms with van der Waals surface area (Å²) < 4.78 is 1.61. The van der Waals surface area contributed by atoms with Crippen LogP contribution < -0.4 is 0 Å². The minimum Gasteiger partial charge on any atom is -0.386 e. The van der Waals surface area contributed by atoms with Crippen molar-refractivity contribution in [2.45, 2.75) is 38.8 Å². The molecule has 1 atom stereocenters. The van der Waals surface area contributed by atoms with E-state index >= 15 is 0 Å². The number of nitrogens with one attached hydrogen (secondary N) is 1. The largest absolute Gasteiger partial charge is 0.386 e. The van der Waals surface area contributed by atoms with Gasteiger partial charge in [0.15, 0.2) is 0 Å². The third kappa shape index (κ3) is 2.89. The first kappa shape index (κ1) is 14.8. The number of amides is 1.